The molecule has 2 aromatic rings. The molecule has 0 aliphatic carbocycles. The van der Waals surface area contributed by atoms with E-state index in [2.05, 4.69) is 10.2 Å². The summed E-state index contributed by atoms with van der Waals surface area (Å²) in [5.41, 5.74) is 2.41. The Morgan fingerprint density at radius 2 is 2.53 bits per heavy atom. The van der Waals surface area contributed by atoms with Crippen LogP contribution in [0, 0.1) is 0 Å². The van der Waals surface area contributed by atoms with Gasteiger partial charge in [0.15, 0.2) is 10.1 Å². The van der Waals surface area contributed by atoms with Crippen LogP contribution in [0.2, 0.25) is 0 Å². The van der Waals surface area contributed by atoms with E-state index < -0.39 is 0 Å². The lowest BCUT2D eigenvalue weighted by atomic mass is 10.2. The molecule has 0 N–H and O–H groups in total. The van der Waals surface area contributed by atoms with Crippen LogP contribution in [0.25, 0.3) is 0 Å². The van der Waals surface area contributed by atoms with Gasteiger partial charge >= 0.3 is 0 Å². The van der Waals surface area contributed by atoms with Gasteiger partial charge in [-0.25, -0.2) is 0 Å². The largest absolute Gasteiger partial charge is 0.357 e. The van der Waals surface area contributed by atoms with Crippen LogP contribution in [0.15, 0.2) is 28.3 Å². The predicted molar refractivity (Wildman–Crippen MR) is 60.4 cm³/mol. The Bertz CT molecular complexity index is 450. The summed E-state index contributed by atoms with van der Waals surface area (Å²) in [5, 5.41) is 7.57. The molecular weight excluding hydrogens is 230 g/mol. The van der Waals surface area contributed by atoms with Gasteiger partial charge in [-0.15, -0.1) is 10.2 Å². The van der Waals surface area contributed by atoms with Crippen LogP contribution in [-0.2, 0) is 7.05 Å². The van der Waals surface area contributed by atoms with Crippen molar-refractivity contribution in [2.45, 2.75) is 4.34 Å². The van der Waals surface area contributed by atoms with Gasteiger partial charge in [0.1, 0.15) is 5.51 Å². The zero-order valence-corrected chi connectivity index (χ0v) is 9.72. The van der Waals surface area contributed by atoms with Crippen molar-refractivity contribution in [2.24, 2.45) is 7.05 Å². The third-order valence-electron chi connectivity index (χ3n) is 1.82. The third-order valence-corrected chi connectivity index (χ3v) is 3.68. The van der Waals surface area contributed by atoms with Gasteiger partial charge in [0.25, 0.3) is 0 Å². The Hall–Kier alpha value is -1.14. The molecule has 0 atom stereocenters. The van der Waals surface area contributed by atoms with Crippen molar-refractivity contribution in [1.29, 1.82) is 0 Å². The van der Waals surface area contributed by atoms with E-state index in [0.717, 1.165) is 9.90 Å². The van der Waals surface area contributed by atoms with Crippen LogP contribution in [-0.4, -0.2) is 26.3 Å². The summed E-state index contributed by atoms with van der Waals surface area (Å²) in [6.07, 6.45) is 3.69. The highest BCUT2D eigenvalue weighted by molar-refractivity contribution is 8.01. The first-order valence-corrected chi connectivity index (χ1v) is 6.16. The Morgan fingerprint density at radius 3 is 3.13 bits per heavy atom. The number of aryl methyl sites for hydroxylation is 1. The van der Waals surface area contributed by atoms with E-state index in [9.17, 15) is 4.79 Å². The summed E-state index contributed by atoms with van der Waals surface area (Å²) < 4.78 is 2.70. The summed E-state index contributed by atoms with van der Waals surface area (Å²) in [4.78, 5) is 11.7. The Morgan fingerprint density at radius 1 is 1.67 bits per heavy atom. The lowest BCUT2D eigenvalue weighted by Gasteiger charge is -1.94. The van der Waals surface area contributed by atoms with E-state index in [1.807, 2.05) is 30.1 Å². The average Bonchev–Trinajstić information content (AvgIpc) is 2.84. The second-order valence-corrected chi connectivity index (χ2v) is 5.04. The lowest BCUT2D eigenvalue weighted by molar-refractivity contribution is 0.102. The standard InChI is InChI=1S/C9H9N3OS2/c1-12-3-2-7(4-12)8(13)5-14-9-11-10-6-15-9/h2-4,6H,5H2,1H3. The highest BCUT2D eigenvalue weighted by atomic mass is 32.2. The van der Waals surface area contributed by atoms with Gasteiger partial charge in [-0.2, -0.15) is 0 Å². The molecule has 0 aliphatic heterocycles. The predicted octanol–water partition coefficient (Wildman–Crippen LogP) is 1.85. The van der Waals surface area contributed by atoms with E-state index in [0.29, 0.717) is 5.75 Å². The first kappa shape index (κ1) is 10.4. The molecule has 0 radical (unpaired) electrons. The molecule has 0 bridgehead atoms. The second-order valence-electron chi connectivity index (χ2n) is 2.98. The van der Waals surface area contributed by atoms with Gasteiger partial charge < -0.3 is 4.57 Å². The smallest absolute Gasteiger partial charge is 0.174 e. The molecule has 0 aliphatic rings. The van der Waals surface area contributed by atoms with Gasteiger partial charge in [0, 0.05) is 25.0 Å². The molecule has 2 rings (SSSR count). The topological polar surface area (TPSA) is 47.8 Å². The van der Waals surface area contributed by atoms with E-state index in [1.54, 1.807) is 5.51 Å². The van der Waals surface area contributed by atoms with Crippen molar-refractivity contribution < 1.29 is 4.79 Å². The molecule has 2 aromatic heterocycles. The molecule has 0 saturated carbocycles. The molecule has 4 nitrogen and oxygen atoms in total. The summed E-state index contributed by atoms with van der Waals surface area (Å²) in [6, 6.07) is 1.82. The van der Waals surface area contributed by atoms with Crippen LogP contribution in [0.3, 0.4) is 0 Å². The maximum absolute atomic E-state index is 11.7. The van der Waals surface area contributed by atoms with Gasteiger partial charge in [0.2, 0.25) is 0 Å². The Labute approximate surface area is 95.3 Å². The maximum Gasteiger partial charge on any atom is 0.174 e. The lowest BCUT2D eigenvalue weighted by Crippen LogP contribution is -2.00. The first-order valence-electron chi connectivity index (χ1n) is 4.30. The highest BCUT2D eigenvalue weighted by Gasteiger charge is 2.08. The molecule has 0 amide bonds. The Balaban J connectivity index is 1.93. The fourth-order valence-electron chi connectivity index (χ4n) is 1.10. The monoisotopic (exact) mass is 239 g/mol. The van der Waals surface area contributed by atoms with Crippen LogP contribution < -0.4 is 0 Å². The molecule has 0 fully saturated rings. The van der Waals surface area contributed by atoms with Gasteiger partial charge in [-0.3, -0.25) is 4.79 Å². The van der Waals surface area contributed by atoms with E-state index in [-0.39, 0.29) is 5.78 Å². The van der Waals surface area contributed by atoms with E-state index >= 15 is 0 Å². The van der Waals surface area contributed by atoms with Crippen molar-refractivity contribution >= 4 is 28.9 Å². The fraction of sp³-hybridized carbons (Fsp3) is 0.222. The van der Waals surface area contributed by atoms with Gasteiger partial charge in [-0.05, 0) is 6.07 Å². The second kappa shape index (κ2) is 4.59. The van der Waals surface area contributed by atoms with Gasteiger partial charge in [0.05, 0.1) is 5.75 Å². The molecular formula is C9H9N3OS2. The van der Waals surface area contributed by atoms with Crippen LogP contribution >= 0.6 is 23.1 Å². The number of aromatic nitrogens is 3. The minimum Gasteiger partial charge on any atom is -0.357 e. The first-order chi connectivity index (χ1) is 7.25. The zero-order chi connectivity index (χ0) is 10.7. The van der Waals surface area contributed by atoms with Crippen molar-refractivity contribution in [3.63, 3.8) is 0 Å². The summed E-state index contributed by atoms with van der Waals surface area (Å²) in [6.45, 7) is 0. The summed E-state index contributed by atoms with van der Waals surface area (Å²) in [7, 11) is 1.90. The number of Topliss-reactive ketones (excluding diaryl/α,β-unsaturated/α-hetero) is 1. The summed E-state index contributed by atoms with van der Waals surface area (Å²) in [5.74, 6) is 0.537. The number of hydrogen-bond donors (Lipinski definition) is 0. The molecule has 0 aromatic carbocycles. The van der Waals surface area contributed by atoms with Crippen LogP contribution in [0.1, 0.15) is 10.4 Å². The van der Waals surface area contributed by atoms with Crippen molar-refractivity contribution in [2.75, 3.05) is 5.75 Å². The third kappa shape index (κ3) is 2.66. The summed E-state index contributed by atoms with van der Waals surface area (Å²) >= 11 is 2.87. The van der Waals surface area contributed by atoms with Crippen molar-refractivity contribution in [3.05, 3.63) is 29.5 Å². The highest BCUT2D eigenvalue weighted by Crippen LogP contribution is 2.20. The fourth-order valence-corrected chi connectivity index (χ4v) is 2.49. The number of ketones is 1. The number of hydrogen-bond acceptors (Lipinski definition) is 5. The van der Waals surface area contributed by atoms with Crippen molar-refractivity contribution in [3.8, 4) is 0 Å². The molecule has 6 heteroatoms. The average molecular weight is 239 g/mol. The SMILES string of the molecule is Cn1ccc(C(=O)CSc2nncs2)c1. The molecule has 78 valence electrons. The number of carbonyl (C=O) groups excluding carboxylic acids is 1. The molecule has 15 heavy (non-hydrogen) atoms. The normalized spacial score (nSPS) is 10.5. The maximum atomic E-state index is 11.7. The molecule has 0 saturated heterocycles. The minimum atomic E-state index is 0.121. The Kier molecular flexibility index (Phi) is 3.17. The van der Waals surface area contributed by atoms with Crippen molar-refractivity contribution in [1.82, 2.24) is 14.8 Å². The quantitative estimate of drug-likeness (QED) is 0.603. The number of thioether (sulfide) groups is 1. The van der Waals surface area contributed by atoms with Crippen LogP contribution in [0.5, 0.6) is 0 Å². The molecule has 0 spiro atoms. The minimum absolute atomic E-state index is 0.121. The van der Waals surface area contributed by atoms with Gasteiger partial charge in [-0.1, -0.05) is 23.1 Å². The van der Waals surface area contributed by atoms with E-state index in [4.69, 9.17) is 0 Å². The molecule has 0 unspecified atom stereocenters. The number of rotatable bonds is 4. The van der Waals surface area contributed by atoms with E-state index in [1.165, 1.54) is 23.1 Å². The number of carbonyl (C=O) groups is 1. The molecule has 2 heterocycles. The zero-order valence-electron chi connectivity index (χ0n) is 8.08. The van der Waals surface area contributed by atoms with Crippen LogP contribution in [0.4, 0.5) is 0 Å². The number of nitrogens with zero attached hydrogens (tertiary/aromatic N) is 3.